The van der Waals surface area contributed by atoms with Crippen molar-refractivity contribution in [1.82, 2.24) is 10.6 Å². The smallest absolute Gasteiger partial charge is 0.315 e. The Kier molecular flexibility index (Phi) is 5.00. The van der Waals surface area contributed by atoms with Gasteiger partial charge in [-0.2, -0.15) is 0 Å². The minimum absolute atomic E-state index is 0.0576. The SMILES string of the molecule is Cc1ccc(CNC(=O)NCC2CCCC2C(=O)O)s1. The fourth-order valence-electron chi connectivity index (χ4n) is 2.64. The Morgan fingerprint density at radius 1 is 1.35 bits per heavy atom. The maximum atomic E-state index is 11.7. The third-order valence-electron chi connectivity index (χ3n) is 3.72. The van der Waals surface area contributed by atoms with Crippen LogP contribution in [0, 0.1) is 18.8 Å². The third-order valence-corrected chi connectivity index (χ3v) is 4.72. The van der Waals surface area contributed by atoms with Gasteiger partial charge in [0.1, 0.15) is 0 Å². The van der Waals surface area contributed by atoms with E-state index in [2.05, 4.69) is 10.6 Å². The molecule has 5 nitrogen and oxygen atoms in total. The number of urea groups is 1. The highest BCUT2D eigenvalue weighted by atomic mass is 32.1. The first-order valence-corrected chi connectivity index (χ1v) is 7.67. The average Bonchev–Trinajstić information content (AvgIpc) is 3.02. The van der Waals surface area contributed by atoms with E-state index < -0.39 is 5.97 Å². The van der Waals surface area contributed by atoms with Gasteiger partial charge in [-0.25, -0.2) is 4.79 Å². The fourth-order valence-corrected chi connectivity index (χ4v) is 3.47. The molecule has 0 bridgehead atoms. The van der Waals surface area contributed by atoms with Crippen molar-refractivity contribution in [2.45, 2.75) is 32.7 Å². The normalized spacial score (nSPS) is 21.6. The molecule has 1 saturated carbocycles. The maximum Gasteiger partial charge on any atom is 0.315 e. The van der Waals surface area contributed by atoms with Crippen LogP contribution >= 0.6 is 11.3 Å². The van der Waals surface area contributed by atoms with Crippen molar-refractivity contribution < 1.29 is 14.7 Å². The van der Waals surface area contributed by atoms with Crippen LogP contribution in [-0.2, 0) is 11.3 Å². The number of aliphatic carboxylic acids is 1. The summed E-state index contributed by atoms with van der Waals surface area (Å²) in [6, 6.07) is 3.79. The van der Waals surface area contributed by atoms with Gasteiger partial charge in [0.05, 0.1) is 12.5 Å². The highest BCUT2D eigenvalue weighted by Gasteiger charge is 2.32. The van der Waals surface area contributed by atoms with Crippen LogP contribution in [0.3, 0.4) is 0 Å². The molecule has 1 aliphatic carbocycles. The van der Waals surface area contributed by atoms with Crippen LogP contribution in [0.15, 0.2) is 12.1 Å². The van der Waals surface area contributed by atoms with Crippen molar-refractivity contribution in [2.75, 3.05) is 6.54 Å². The van der Waals surface area contributed by atoms with Crippen LogP contribution in [-0.4, -0.2) is 23.7 Å². The Hall–Kier alpha value is -1.56. The first kappa shape index (κ1) is 14.8. The van der Waals surface area contributed by atoms with E-state index in [0.29, 0.717) is 13.1 Å². The number of carbonyl (C=O) groups is 2. The molecule has 1 aromatic rings. The van der Waals surface area contributed by atoms with E-state index in [4.69, 9.17) is 5.11 Å². The summed E-state index contributed by atoms with van der Waals surface area (Å²) in [4.78, 5) is 25.1. The molecule has 0 radical (unpaired) electrons. The maximum absolute atomic E-state index is 11.7. The molecule has 110 valence electrons. The number of carbonyl (C=O) groups excluding carboxylic acids is 1. The molecule has 1 fully saturated rings. The lowest BCUT2D eigenvalue weighted by Gasteiger charge is -2.16. The molecule has 0 aromatic carbocycles. The number of hydrogen-bond donors (Lipinski definition) is 3. The number of aryl methyl sites for hydroxylation is 1. The standard InChI is InChI=1S/C14H20N2O3S/c1-9-5-6-11(20-9)8-16-14(19)15-7-10-3-2-4-12(10)13(17)18/h5-6,10,12H,2-4,7-8H2,1H3,(H,17,18)(H2,15,16,19). The van der Waals surface area contributed by atoms with Crippen molar-refractivity contribution in [1.29, 1.82) is 0 Å². The summed E-state index contributed by atoms with van der Waals surface area (Å²) in [5.74, 6) is -0.999. The number of carboxylic acids is 1. The number of hydrogen-bond acceptors (Lipinski definition) is 3. The van der Waals surface area contributed by atoms with Gasteiger partial charge in [-0.15, -0.1) is 11.3 Å². The zero-order valence-corrected chi connectivity index (χ0v) is 12.3. The zero-order valence-electron chi connectivity index (χ0n) is 11.5. The van der Waals surface area contributed by atoms with Crippen LogP contribution in [0.25, 0.3) is 0 Å². The number of carboxylic acid groups (broad SMARTS) is 1. The Morgan fingerprint density at radius 2 is 2.15 bits per heavy atom. The van der Waals surface area contributed by atoms with E-state index in [0.717, 1.165) is 24.1 Å². The first-order valence-electron chi connectivity index (χ1n) is 6.86. The molecule has 20 heavy (non-hydrogen) atoms. The van der Waals surface area contributed by atoms with Crippen LogP contribution in [0.4, 0.5) is 4.79 Å². The van der Waals surface area contributed by atoms with E-state index >= 15 is 0 Å². The lowest BCUT2D eigenvalue weighted by molar-refractivity contribution is -0.142. The summed E-state index contributed by atoms with van der Waals surface area (Å²) in [6.07, 6.45) is 2.53. The highest BCUT2D eigenvalue weighted by molar-refractivity contribution is 7.11. The van der Waals surface area contributed by atoms with E-state index in [1.165, 1.54) is 4.88 Å². The van der Waals surface area contributed by atoms with Crippen LogP contribution in [0.5, 0.6) is 0 Å². The molecule has 2 atom stereocenters. The molecule has 0 saturated heterocycles. The van der Waals surface area contributed by atoms with Crippen LogP contribution in [0.1, 0.15) is 29.0 Å². The Bertz CT molecular complexity index is 487. The molecule has 0 aliphatic heterocycles. The third kappa shape index (κ3) is 3.96. The minimum atomic E-state index is -0.747. The highest BCUT2D eigenvalue weighted by Crippen LogP contribution is 2.31. The number of nitrogens with one attached hydrogen (secondary N) is 2. The summed E-state index contributed by atoms with van der Waals surface area (Å²) in [5.41, 5.74) is 0. The molecule has 1 aliphatic rings. The number of rotatable bonds is 5. The van der Waals surface area contributed by atoms with Crippen molar-refractivity contribution in [3.63, 3.8) is 0 Å². The zero-order chi connectivity index (χ0) is 14.5. The first-order chi connectivity index (χ1) is 9.56. The molecular weight excluding hydrogens is 276 g/mol. The van der Waals surface area contributed by atoms with E-state index in [9.17, 15) is 9.59 Å². The number of amides is 2. The summed E-state index contributed by atoms with van der Waals surface area (Å²) >= 11 is 1.66. The lowest BCUT2D eigenvalue weighted by atomic mass is 9.96. The lowest BCUT2D eigenvalue weighted by Crippen LogP contribution is -2.39. The molecule has 1 aromatic heterocycles. The van der Waals surface area contributed by atoms with E-state index in [1.54, 1.807) is 11.3 Å². The predicted octanol–water partition coefficient (Wildman–Crippen LogP) is 2.36. The molecular formula is C14H20N2O3S. The van der Waals surface area contributed by atoms with Gasteiger partial charge in [0, 0.05) is 16.3 Å². The van der Waals surface area contributed by atoms with Gasteiger partial charge in [-0.05, 0) is 37.8 Å². The molecule has 2 amide bonds. The van der Waals surface area contributed by atoms with Gasteiger partial charge in [-0.3, -0.25) is 4.79 Å². The van der Waals surface area contributed by atoms with Gasteiger partial charge >= 0.3 is 12.0 Å². The largest absolute Gasteiger partial charge is 0.481 e. The second kappa shape index (κ2) is 6.74. The van der Waals surface area contributed by atoms with Gasteiger partial charge in [0.25, 0.3) is 0 Å². The molecule has 1 heterocycles. The van der Waals surface area contributed by atoms with Crippen molar-refractivity contribution in [2.24, 2.45) is 11.8 Å². The van der Waals surface area contributed by atoms with E-state index in [1.807, 2.05) is 19.1 Å². The quantitative estimate of drug-likeness (QED) is 0.780. The summed E-state index contributed by atoms with van der Waals surface area (Å²) in [6.45, 7) is 2.98. The summed E-state index contributed by atoms with van der Waals surface area (Å²) < 4.78 is 0. The van der Waals surface area contributed by atoms with Gasteiger partial charge in [-0.1, -0.05) is 6.42 Å². The van der Waals surface area contributed by atoms with Crippen molar-refractivity contribution >= 4 is 23.3 Å². The van der Waals surface area contributed by atoms with Crippen molar-refractivity contribution in [3.05, 3.63) is 21.9 Å². The summed E-state index contributed by atoms with van der Waals surface area (Å²) in [7, 11) is 0. The molecule has 6 heteroatoms. The molecule has 3 N–H and O–H groups in total. The van der Waals surface area contributed by atoms with Gasteiger partial charge in [0.15, 0.2) is 0 Å². The Labute approximate surface area is 122 Å². The van der Waals surface area contributed by atoms with Crippen LogP contribution < -0.4 is 10.6 Å². The Balaban J connectivity index is 1.71. The van der Waals surface area contributed by atoms with Gasteiger partial charge < -0.3 is 15.7 Å². The molecule has 0 spiro atoms. The minimum Gasteiger partial charge on any atom is -0.481 e. The number of thiophene rings is 1. The van der Waals surface area contributed by atoms with Crippen LogP contribution in [0.2, 0.25) is 0 Å². The Morgan fingerprint density at radius 3 is 2.80 bits per heavy atom. The fraction of sp³-hybridized carbons (Fsp3) is 0.571. The molecule has 2 unspecified atom stereocenters. The monoisotopic (exact) mass is 296 g/mol. The van der Waals surface area contributed by atoms with Gasteiger partial charge in [0.2, 0.25) is 0 Å². The molecule has 2 rings (SSSR count). The van der Waals surface area contributed by atoms with Crippen molar-refractivity contribution in [3.8, 4) is 0 Å². The summed E-state index contributed by atoms with van der Waals surface area (Å²) in [5, 5.41) is 14.6. The second-order valence-corrected chi connectivity index (χ2v) is 6.58. The van der Waals surface area contributed by atoms with E-state index in [-0.39, 0.29) is 17.9 Å². The second-order valence-electron chi connectivity index (χ2n) is 5.21. The average molecular weight is 296 g/mol. The predicted molar refractivity (Wildman–Crippen MR) is 77.8 cm³/mol. The topological polar surface area (TPSA) is 78.4 Å².